The van der Waals surface area contributed by atoms with Crippen molar-refractivity contribution in [3.63, 3.8) is 0 Å². The van der Waals surface area contributed by atoms with Crippen molar-refractivity contribution in [3.05, 3.63) is 89.5 Å². The van der Waals surface area contributed by atoms with Crippen LogP contribution < -0.4 is 4.90 Å². The summed E-state index contributed by atoms with van der Waals surface area (Å²) in [7, 11) is 0. The molecule has 2 heterocycles. The molecule has 1 atom stereocenters. The first-order chi connectivity index (χ1) is 14.9. The first-order valence-corrected chi connectivity index (χ1v) is 11.4. The van der Waals surface area contributed by atoms with Crippen molar-refractivity contribution >= 4 is 27.2 Å². The van der Waals surface area contributed by atoms with Gasteiger partial charge in [0.2, 0.25) is 0 Å². The van der Waals surface area contributed by atoms with E-state index in [2.05, 4.69) is 82.6 Å². The van der Waals surface area contributed by atoms with Gasteiger partial charge in [-0.15, -0.1) is 0 Å². The Morgan fingerprint density at radius 3 is 2.50 bits per heavy atom. The predicted molar refractivity (Wildman–Crippen MR) is 125 cm³/mol. The fraction of sp³-hybridized carbons (Fsp3) is 0.286. The predicted octanol–water partition coefficient (Wildman–Crippen LogP) is 6.28. The quantitative estimate of drug-likeness (QED) is 0.380. The van der Waals surface area contributed by atoms with Gasteiger partial charge < -0.3 is 4.90 Å². The molecule has 4 aromatic rings. The minimum Gasteiger partial charge on any atom is -0.351 e. The van der Waals surface area contributed by atoms with Gasteiger partial charge in [-0.3, -0.25) is 4.90 Å². The Morgan fingerprint density at radius 2 is 1.60 bits per heavy atom. The zero-order chi connectivity index (χ0) is 19.7. The number of hydrogen-bond acceptors (Lipinski definition) is 2. The Labute approximate surface area is 177 Å². The average molecular weight is 391 g/mol. The van der Waals surface area contributed by atoms with Gasteiger partial charge in [0.05, 0.1) is 0 Å². The second-order valence-electron chi connectivity index (χ2n) is 9.35. The van der Waals surface area contributed by atoms with Crippen molar-refractivity contribution in [2.75, 3.05) is 18.0 Å². The van der Waals surface area contributed by atoms with E-state index >= 15 is 0 Å². The van der Waals surface area contributed by atoms with E-state index in [9.17, 15) is 0 Å². The third-order valence-corrected chi connectivity index (χ3v) is 7.43. The molecule has 1 unspecified atom stereocenters. The summed E-state index contributed by atoms with van der Waals surface area (Å²) >= 11 is 0. The number of anilines is 1. The van der Waals surface area contributed by atoms with Gasteiger partial charge in [0, 0.05) is 30.7 Å². The SMILES string of the molecule is c1ccc2c(c1)CCN(C1c3cc4ccccc4c4cccc(c34)N1CC1CC1)C2. The Kier molecular flexibility index (Phi) is 3.56. The van der Waals surface area contributed by atoms with E-state index in [-0.39, 0.29) is 0 Å². The fourth-order valence-electron chi connectivity index (χ4n) is 5.82. The number of rotatable bonds is 3. The van der Waals surface area contributed by atoms with Crippen LogP contribution in [0.25, 0.3) is 21.5 Å². The monoisotopic (exact) mass is 390 g/mol. The molecule has 2 aliphatic heterocycles. The van der Waals surface area contributed by atoms with Crippen LogP contribution in [0.3, 0.4) is 0 Å². The number of nitrogens with zero attached hydrogens (tertiary/aromatic N) is 2. The maximum Gasteiger partial charge on any atom is 0.109 e. The molecule has 3 aliphatic rings. The normalized spacial score (nSPS) is 20.8. The van der Waals surface area contributed by atoms with Crippen LogP contribution in [0, 0.1) is 5.92 Å². The Balaban J connectivity index is 1.42. The highest BCUT2D eigenvalue weighted by molar-refractivity contribution is 6.14. The lowest BCUT2D eigenvalue weighted by Gasteiger charge is -2.40. The first-order valence-electron chi connectivity index (χ1n) is 11.4. The lowest BCUT2D eigenvalue weighted by Crippen LogP contribution is -2.42. The van der Waals surface area contributed by atoms with E-state index < -0.39 is 0 Å². The topological polar surface area (TPSA) is 6.48 Å². The molecule has 1 fully saturated rings. The maximum absolute atomic E-state index is 2.74. The van der Waals surface area contributed by atoms with Crippen molar-refractivity contribution in [1.29, 1.82) is 0 Å². The van der Waals surface area contributed by atoms with Crippen LogP contribution >= 0.6 is 0 Å². The number of fused-ring (bicyclic) bond motifs is 3. The summed E-state index contributed by atoms with van der Waals surface area (Å²) in [6.45, 7) is 3.36. The molecule has 30 heavy (non-hydrogen) atoms. The van der Waals surface area contributed by atoms with Gasteiger partial charge >= 0.3 is 0 Å². The van der Waals surface area contributed by atoms with Crippen LogP contribution in [-0.2, 0) is 13.0 Å². The molecule has 148 valence electrons. The van der Waals surface area contributed by atoms with Gasteiger partial charge in [-0.2, -0.15) is 0 Å². The van der Waals surface area contributed by atoms with Crippen molar-refractivity contribution in [3.8, 4) is 0 Å². The zero-order valence-corrected chi connectivity index (χ0v) is 17.2. The molecule has 2 heteroatoms. The Morgan fingerprint density at radius 1 is 0.800 bits per heavy atom. The summed E-state index contributed by atoms with van der Waals surface area (Å²) in [4.78, 5) is 5.47. The highest BCUT2D eigenvalue weighted by atomic mass is 15.4. The largest absolute Gasteiger partial charge is 0.351 e. The zero-order valence-electron chi connectivity index (χ0n) is 17.2. The van der Waals surface area contributed by atoms with Crippen LogP contribution in [0.4, 0.5) is 5.69 Å². The van der Waals surface area contributed by atoms with Crippen LogP contribution in [0.2, 0.25) is 0 Å². The first kappa shape index (κ1) is 16.9. The van der Waals surface area contributed by atoms with Gasteiger partial charge in [0.1, 0.15) is 6.17 Å². The molecule has 0 radical (unpaired) electrons. The van der Waals surface area contributed by atoms with Crippen LogP contribution in [0.1, 0.15) is 35.7 Å². The number of benzene rings is 4. The maximum atomic E-state index is 2.74. The minimum atomic E-state index is 0.350. The lowest BCUT2D eigenvalue weighted by molar-refractivity contribution is 0.176. The molecular weight excluding hydrogens is 364 g/mol. The molecule has 2 nitrogen and oxygen atoms in total. The molecule has 4 aromatic carbocycles. The van der Waals surface area contributed by atoms with E-state index in [0.29, 0.717) is 6.17 Å². The van der Waals surface area contributed by atoms with Crippen molar-refractivity contribution < 1.29 is 0 Å². The summed E-state index contributed by atoms with van der Waals surface area (Å²) in [5.74, 6) is 0.864. The summed E-state index contributed by atoms with van der Waals surface area (Å²) in [6.07, 6.45) is 4.28. The van der Waals surface area contributed by atoms with Crippen LogP contribution in [0.15, 0.2) is 72.8 Å². The molecule has 0 amide bonds. The molecule has 7 rings (SSSR count). The third-order valence-electron chi connectivity index (χ3n) is 7.43. The number of hydrogen-bond donors (Lipinski definition) is 0. The molecule has 1 aliphatic carbocycles. The molecule has 0 saturated heterocycles. The van der Waals surface area contributed by atoms with Crippen LogP contribution in [0.5, 0.6) is 0 Å². The Hall–Kier alpha value is -2.84. The van der Waals surface area contributed by atoms with E-state index in [1.807, 2.05) is 0 Å². The summed E-state index contributed by atoms with van der Waals surface area (Å²) in [5.41, 5.74) is 5.99. The van der Waals surface area contributed by atoms with Crippen molar-refractivity contribution in [2.24, 2.45) is 5.92 Å². The molecule has 0 N–H and O–H groups in total. The highest BCUT2D eigenvalue weighted by Crippen LogP contribution is 2.50. The molecular formula is C28H26N2. The van der Waals surface area contributed by atoms with E-state index in [4.69, 9.17) is 0 Å². The van der Waals surface area contributed by atoms with E-state index in [0.717, 1.165) is 25.4 Å². The summed E-state index contributed by atoms with van der Waals surface area (Å²) in [6, 6.07) is 27.4. The summed E-state index contributed by atoms with van der Waals surface area (Å²) in [5, 5.41) is 5.66. The van der Waals surface area contributed by atoms with E-state index in [1.165, 1.54) is 63.3 Å². The van der Waals surface area contributed by atoms with Gasteiger partial charge in [0.25, 0.3) is 0 Å². The van der Waals surface area contributed by atoms with E-state index in [1.54, 1.807) is 0 Å². The average Bonchev–Trinajstić information content (AvgIpc) is 3.57. The lowest BCUT2D eigenvalue weighted by atomic mass is 9.95. The molecule has 0 spiro atoms. The van der Waals surface area contributed by atoms with Gasteiger partial charge in [-0.05, 0) is 70.2 Å². The smallest absolute Gasteiger partial charge is 0.109 e. The highest BCUT2D eigenvalue weighted by Gasteiger charge is 2.39. The van der Waals surface area contributed by atoms with Crippen LogP contribution in [-0.4, -0.2) is 18.0 Å². The van der Waals surface area contributed by atoms with Crippen molar-refractivity contribution in [2.45, 2.75) is 32.0 Å². The summed E-state index contributed by atoms with van der Waals surface area (Å²) < 4.78 is 0. The van der Waals surface area contributed by atoms with Crippen molar-refractivity contribution in [1.82, 2.24) is 4.90 Å². The Bertz CT molecular complexity index is 1290. The second-order valence-corrected chi connectivity index (χ2v) is 9.35. The fourth-order valence-corrected chi connectivity index (χ4v) is 5.82. The minimum absolute atomic E-state index is 0.350. The standard InChI is InChI=1S/C28H26N2/c1-2-8-22-18-29(15-14-20(22)6-1)28-25-16-21-7-3-4-9-23(21)24-10-5-11-26(27(24)25)30(28)17-19-12-13-19/h1-11,16,19,28H,12-15,17-18H2. The van der Waals surface area contributed by atoms with Gasteiger partial charge in [0.15, 0.2) is 0 Å². The van der Waals surface area contributed by atoms with Gasteiger partial charge in [-0.1, -0.05) is 60.7 Å². The molecule has 0 aromatic heterocycles. The third kappa shape index (κ3) is 2.47. The second kappa shape index (κ2) is 6.33. The molecule has 1 saturated carbocycles. The van der Waals surface area contributed by atoms with Gasteiger partial charge in [-0.25, -0.2) is 0 Å². The molecule has 0 bridgehead atoms.